The van der Waals surface area contributed by atoms with E-state index in [-0.39, 0.29) is 18.5 Å². The standard InChI is InChI=1S/C75H147NO5/c1-3-5-7-9-11-13-15-17-19-20-21-34-37-40-43-47-51-55-59-63-67-73(78)72(71-77)76-74(79)68-64-60-56-52-48-44-41-38-35-32-30-28-26-24-22-23-25-27-29-31-33-36-39-42-46-50-54-58-62-66-70-81-75(80)69-65-61-57-53-49-45-18-16-14-12-10-8-6-4-2/h63,67,72-73,77-78H,3-62,64-66,68-71H2,1-2H3,(H,76,79)/b67-63+. The summed E-state index contributed by atoms with van der Waals surface area (Å²) in [5.41, 5.74) is 0. The van der Waals surface area contributed by atoms with Gasteiger partial charge in [-0.1, -0.05) is 398 Å². The molecule has 0 bridgehead atoms. The molecule has 1 amide bonds. The van der Waals surface area contributed by atoms with Crippen LogP contribution in [0.1, 0.15) is 431 Å². The Morgan fingerprint density at radius 2 is 0.568 bits per heavy atom. The van der Waals surface area contributed by atoms with E-state index in [1.807, 2.05) is 6.08 Å². The van der Waals surface area contributed by atoms with E-state index in [2.05, 4.69) is 19.2 Å². The first-order chi connectivity index (χ1) is 40.0. The number of carbonyl (C=O) groups excluding carboxylic acids is 2. The number of aliphatic hydroxyl groups is 2. The molecule has 0 heterocycles. The Bertz CT molecular complexity index is 1220. The SMILES string of the molecule is CCCCCCCCCCCCCCCCCCCC/C=C/C(O)C(CO)NC(=O)CCCCCCCCCCCCCCCCCCCCCCCCCCCCCCCCOC(=O)CCCCCCCCCCCCCCCC. The zero-order chi connectivity index (χ0) is 58.5. The molecule has 0 aliphatic carbocycles. The largest absolute Gasteiger partial charge is 0.466 e. The Hall–Kier alpha value is -1.40. The van der Waals surface area contributed by atoms with Gasteiger partial charge < -0.3 is 20.3 Å². The van der Waals surface area contributed by atoms with Gasteiger partial charge >= 0.3 is 5.97 Å². The second-order valence-electron chi connectivity index (χ2n) is 26.0. The summed E-state index contributed by atoms with van der Waals surface area (Å²) >= 11 is 0. The Morgan fingerprint density at radius 3 is 0.840 bits per heavy atom. The maximum absolute atomic E-state index is 12.5. The van der Waals surface area contributed by atoms with Crippen LogP contribution in [0.15, 0.2) is 12.2 Å². The molecule has 0 radical (unpaired) electrons. The average Bonchev–Trinajstić information content (AvgIpc) is 3.47. The smallest absolute Gasteiger partial charge is 0.305 e. The van der Waals surface area contributed by atoms with Crippen molar-refractivity contribution in [2.24, 2.45) is 0 Å². The van der Waals surface area contributed by atoms with Crippen LogP contribution in [0.4, 0.5) is 0 Å². The van der Waals surface area contributed by atoms with E-state index in [1.165, 1.54) is 366 Å². The molecule has 6 nitrogen and oxygen atoms in total. The fraction of sp³-hybridized carbons (Fsp3) is 0.947. The highest BCUT2D eigenvalue weighted by molar-refractivity contribution is 5.76. The van der Waals surface area contributed by atoms with Gasteiger partial charge in [0.25, 0.3) is 0 Å². The van der Waals surface area contributed by atoms with Crippen LogP contribution >= 0.6 is 0 Å². The minimum atomic E-state index is -0.842. The maximum atomic E-state index is 12.5. The van der Waals surface area contributed by atoms with Gasteiger partial charge in [-0.05, 0) is 32.1 Å². The van der Waals surface area contributed by atoms with Crippen molar-refractivity contribution < 1.29 is 24.5 Å². The van der Waals surface area contributed by atoms with Gasteiger partial charge in [-0.15, -0.1) is 0 Å². The molecule has 0 aromatic rings. The predicted molar refractivity (Wildman–Crippen MR) is 357 cm³/mol. The van der Waals surface area contributed by atoms with Crippen LogP contribution in [0.3, 0.4) is 0 Å². The Morgan fingerprint density at radius 1 is 0.333 bits per heavy atom. The summed E-state index contributed by atoms with van der Waals surface area (Å²) in [5.74, 6) is -0.0362. The second kappa shape index (κ2) is 71.1. The highest BCUT2D eigenvalue weighted by Gasteiger charge is 2.18. The van der Waals surface area contributed by atoms with Gasteiger partial charge in [0, 0.05) is 12.8 Å². The fourth-order valence-corrected chi connectivity index (χ4v) is 12.1. The number of carbonyl (C=O) groups is 2. The molecule has 2 unspecified atom stereocenters. The highest BCUT2D eigenvalue weighted by atomic mass is 16.5. The molecule has 0 spiro atoms. The van der Waals surface area contributed by atoms with Gasteiger partial charge in [-0.3, -0.25) is 9.59 Å². The van der Waals surface area contributed by atoms with E-state index in [0.29, 0.717) is 19.4 Å². The number of allylic oxidation sites excluding steroid dienone is 1. The number of unbranched alkanes of at least 4 members (excludes halogenated alkanes) is 60. The van der Waals surface area contributed by atoms with Gasteiger partial charge in [-0.25, -0.2) is 0 Å². The van der Waals surface area contributed by atoms with E-state index in [1.54, 1.807) is 6.08 Å². The molecule has 81 heavy (non-hydrogen) atoms. The van der Waals surface area contributed by atoms with Gasteiger partial charge in [-0.2, -0.15) is 0 Å². The number of amides is 1. The minimum absolute atomic E-state index is 0.0232. The van der Waals surface area contributed by atoms with Crippen molar-refractivity contribution in [2.75, 3.05) is 13.2 Å². The number of rotatable bonds is 71. The Balaban J connectivity index is 3.35. The van der Waals surface area contributed by atoms with Crippen molar-refractivity contribution >= 4 is 11.9 Å². The van der Waals surface area contributed by atoms with E-state index in [0.717, 1.165) is 38.5 Å². The summed E-state index contributed by atoms with van der Waals surface area (Å²) in [7, 11) is 0. The Labute approximate surface area is 508 Å². The van der Waals surface area contributed by atoms with Crippen LogP contribution in [-0.2, 0) is 14.3 Å². The third-order valence-corrected chi connectivity index (χ3v) is 17.8. The summed E-state index contributed by atoms with van der Waals surface area (Å²) in [6, 6.07) is -0.625. The van der Waals surface area contributed by atoms with E-state index >= 15 is 0 Å². The van der Waals surface area contributed by atoms with Gasteiger partial charge in [0.2, 0.25) is 5.91 Å². The fourth-order valence-electron chi connectivity index (χ4n) is 12.1. The van der Waals surface area contributed by atoms with Crippen molar-refractivity contribution in [3.8, 4) is 0 Å². The third kappa shape index (κ3) is 67.6. The van der Waals surface area contributed by atoms with Crippen LogP contribution < -0.4 is 5.32 Å². The van der Waals surface area contributed by atoms with Crippen LogP contribution in [0.5, 0.6) is 0 Å². The van der Waals surface area contributed by atoms with Crippen molar-refractivity contribution in [1.29, 1.82) is 0 Å². The summed E-state index contributed by atoms with van der Waals surface area (Å²) in [6.45, 7) is 4.96. The van der Waals surface area contributed by atoms with Crippen LogP contribution in [-0.4, -0.2) is 47.4 Å². The quantitative estimate of drug-likeness (QED) is 0.0320. The number of hydrogen-bond donors (Lipinski definition) is 3. The van der Waals surface area contributed by atoms with E-state index in [9.17, 15) is 19.8 Å². The summed E-state index contributed by atoms with van der Waals surface area (Å²) in [6.07, 6.45) is 88.8. The number of esters is 1. The topological polar surface area (TPSA) is 95.9 Å². The molecule has 6 heteroatoms. The van der Waals surface area contributed by atoms with Crippen LogP contribution in [0.25, 0.3) is 0 Å². The van der Waals surface area contributed by atoms with Crippen LogP contribution in [0.2, 0.25) is 0 Å². The molecule has 0 aliphatic heterocycles. The molecule has 0 aromatic heterocycles. The number of hydrogen-bond acceptors (Lipinski definition) is 5. The van der Waals surface area contributed by atoms with Gasteiger partial charge in [0.1, 0.15) is 0 Å². The minimum Gasteiger partial charge on any atom is -0.466 e. The van der Waals surface area contributed by atoms with Gasteiger partial charge in [0.15, 0.2) is 0 Å². The predicted octanol–water partition coefficient (Wildman–Crippen LogP) is 24.3. The molecule has 0 rings (SSSR count). The van der Waals surface area contributed by atoms with E-state index < -0.39 is 12.1 Å². The lowest BCUT2D eigenvalue weighted by atomic mass is 10.0. The zero-order valence-corrected chi connectivity index (χ0v) is 55.3. The number of aliphatic hydroxyl groups excluding tert-OH is 2. The van der Waals surface area contributed by atoms with Gasteiger partial charge in [0.05, 0.1) is 25.4 Å². The first kappa shape index (κ1) is 79.6. The molecule has 0 saturated heterocycles. The van der Waals surface area contributed by atoms with Crippen molar-refractivity contribution in [3.05, 3.63) is 12.2 Å². The van der Waals surface area contributed by atoms with Crippen LogP contribution in [0, 0.1) is 0 Å². The lowest BCUT2D eigenvalue weighted by Gasteiger charge is -2.20. The molecule has 0 saturated carbocycles. The lowest BCUT2D eigenvalue weighted by molar-refractivity contribution is -0.143. The van der Waals surface area contributed by atoms with E-state index in [4.69, 9.17) is 4.74 Å². The summed E-state index contributed by atoms with van der Waals surface area (Å²) < 4.78 is 5.50. The molecule has 0 aromatic carbocycles. The molecular formula is C75H147NO5. The second-order valence-corrected chi connectivity index (χ2v) is 26.0. The first-order valence-electron chi connectivity index (χ1n) is 37.5. The summed E-state index contributed by atoms with van der Waals surface area (Å²) in [5, 5.41) is 23.3. The average molecular weight is 1140 g/mol. The van der Waals surface area contributed by atoms with Crippen molar-refractivity contribution in [3.63, 3.8) is 0 Å². The summed E-state index contributed by atoms with van der Waals surface area (Å²) in [4.78, 5) is 24.6. The maximum Gasteiger partial charge on any atom is 0.305 e. The van der Waals surface area contributed by atoms with Crippen molar-refractivity contribution in [1.82, 2.24) is 5.32 Å². The molecule has 3 N–H and O–H groups in total. The lowest BCUT2D eigenvalue weighted by Crippen LogP contribution is -2.45. The number of ether oxygens (including phenoxy) is 1. The molecule has 2 atom stereocenters. The number of nitrogens with one attached hydrogen (secondary N) is 1. The first-order valence-corrected chi connectivity index (χ1v) is 37.5. The molecule has 0 fully saturated rings. The Kier molecular flexibility index (Phi) is 69.9. The molecular weight excluding hydrogens is 995 g/mol. The molecule has 0 aliphatic rings. The normalized spacial score (nSPS) is 12.5. The highest BCUT2D eigenvalue weighted by Crippen LogP contribution is 2.20. The monoisotopic (exact) mass is 1140 g/mol. The molecule has 482 valence electrons. The zero-order valence-electron chi connectivity index (χ0n) is 55.3. The van der Waals surface area contributed by atoms with Crippen molar-refractivity contribution in [2.45, 2.75) is 443 Å². The third-order valence-electron chi connectivity index (χ3n) is 17.8.